The molecule has 3 nitrogen and oxygen atoms in total. The van der Waals surface area contributed by atoms with Crippen LogP contribution in [0.5, 0.6) is 5.75 Å². The zero-order valence-corrected chi connectivity index (χ0v) is 12.2. The van der Waals surface area contributed by atoms with Crippen LogP contribution in [-0.4, -0.2) is 38.2 Å². The van der Waals surface area contributed by atoms with Crippen molar-refractivity contribution >= 4 is 5.69 Å². The zero-order valence-electron chi connectivity index (χ0n) is 12.2. The first-order chi connectivity index (χ1) is 9.29. The molecule has 0 bridgehead atoms. The normalized spacial score (nSPS) is 16.6. The van der Waals surface area contributed by atoms with E-state index in [1.165, 1.54) is 32.1 Å². The first-order valence-corrected chi connectivity index (χ1v) is 7.38. The van der Waals surface area contributed by atoms with E-state index in [1.54, 1.807) is 7.11 Å². The van der Waals surface area contributed by atoms with Crippen molar-refractivity contribution in [1.82, 2.24) is 4.90 Å². The molecule has 0 atom stereocenters. The van der Waals surface area contributed by atoms with Gasteiger partial charge in [0.05, 0.1) is 7.11 Å². The fourth-order valence-electron chi connectivity index (χ4n) is 2.81. The summed E-state index contributed by atoms with van der Waals surface area (Å²) in [5.74, 6) is 0.908. The predicted molar refractivity (Wildman–Crippen MR) is 81.0 cm³/mol. The molecule has 0 amide bonds. The fourth-order valence-corrected chi connectivity index (χ4v) is 2.81. The van der Waals surface area contributed by atoms with Crippen LogP contribution in [0.1, 0.15) is 32.1 Å². The van der Waals surface area contributed by atoms with E-state index in [4.69, 9.17) is 4.74 Å². The van der Waals surface area contributed by atoms with Gasteiger partial charge in [-0.1, -0.05) is 25.3 Å². The number of methoxy groups -OCH3 is 1. The Morgan fingerprint density at radius 1 is 1.26 bits per heavy atom. The molecule has 106 valence electrons. The van der Waals surface area contributed by atoms with Crippen molar-refractivity contribution in [3.05, 3.63) is 24.3 Å². The maximum Gasteiger partial charge on any atom is 0.120 e. The smallest absolute Gasteiger partial charge is 0.120 e. The lowest BCUT2D eigenvalue weighted by molar-refractivity contribution is 0.198. The van der Waals surface area contributed by atoms with Crippen LogP contribution >= 0.6 is 0 Å². The molecule has 0 aliphatic heterocycles. The highest BCUT2D eigenvalue weighted by Gasteiger charge is 2.17. The highest BCUT2D eigenvalue weighted by Crippen LogP contribution is 2.21. The minimum atomic E-state index is 0.792. The summed E-state index contributed by atoms with van der Waals surface area (Å²) in [5, 5.41) is 3.47. The Morgan fingerprint density at radius 2 is 2.05 bits per heavy atom. The van der Waals surface area contributed by atoms with Gasteiger partial charge >= 0.3 is 0 Å². The average molecular weight is 262 g/mol. The third-order valence-corrected chi connectivity index (χ3v) is 4.06. The van der Waals surface area contributed by atoms with Gasteiger partial charge in [-0.3, -0.25) is 0 Å². The van der Waals surface area contributed by atoms with Crippen molar-refractivity contribution in [2.45, 2.75) is 38.1 Å². The van der Waals surface area contributed by atoms with E-state index in [1.807, 2.05) is 18.2 Å². The Balaban J connectivity index is 1.72. The van der Waals surface area contributed by atoms with Crippen LogP contribution in [0.4, 0.5) is 5.69 Å². The van der Waals surface area contributed by atoms with Gasteiger partial charge in [-0.2, -0.15) is 0 Å². The third kappa shape index (κ3) is 4.43. The Morgan fingerprint density at radius 3 is 2.79 bits per heavy atom. The second kappa shape index (κ2) is 7.39. The van der Waals surface area contributed by atoms with Crippen molar-refractivity contribution in [1.29, 1.82) is 0 Å². The molecule has 1 saturated carbocycles. The van der Waals surface area contributed by atoms with E-state index in [9.17, 15) is 0 Å². The maximum atomic E-state index is 5.23. The molecule has 1 fully saturated rings. The van der Waals surface area contributed by atoms with E-state index in [0.717, 1.165) is 30.6 Å². The molecular formula is C16H26N2O. The van der Waals surface area contributed by atoms with Gasteiger partial charge in [0.15, 0.2) is 0 Å². The summed E-state index contributed by atoms with van der Waals surface area (Å²) >= 11 is 0. The van der Waals surface area contributed by atoms with Gasteiger partial charge in [0, 0.05) is 30.9 Å². The van der Waals surface area contributed by atoms with E-state index in [-0.39, 0.29) is 0 Å². The lowest BCUT2D eigenvalue weighted by atomic mass is 9.94. The molecular weight excluding hydrogens is 236 g/mol. The Labute approximate surface area is 116 Å². The molecule has 1 aromatic rings. The monoisotopic (exact) mass is 262 g/mol. The largest absolute Gasteiger partial charge is 0.497 e. The third-order valence-electron chi connectivity index (χ3n) is 4.06. The van der Waals surface area contributed by atoms with E-state index in [0.29, 0.717) is 0 Å². The molecule has 1 N–H and O–H groups in total. The van der Waals surface area contributed by atoms with E-state index >= 15 is 0 Å². The average Bonchev–Trinajstić information content (AvgIpc) is 2.48. The maximum absolute atomic E-state index is 5.23. The molecule has 0 saturated heterocycles. The van der Waals surface area contributed by atoms with Crippen molar-refractivity contribution in [2.24, 2.45) is 0 Å². The number of rotatable bonds is 6. The topological polar surface area (TPSA) is 24.5 Å². The zero-order chi connectivity index (χ0) is 13.5. The van der Waals surface area contributed by atoms with Crippen molar-refractivity contribution in [3.8, 4) is 5.75 Å². The van der Waals surface area contributed by atoms with Gasteiger partial charge in [-0.15, -0.1) is 0 Å². The number of hydrogen-bond donors (Lipinski definition) is 1. The number of likely N-dealkylation sites (N-methyl/N-ethyl adjacent to an activating group) is 1. The second-order valence-electron chi connectivity index (χ2n) is 5.43. The molecule has 0 heterocycles. The van der Waals surface area contributed by atoms with Gasteiger partial charge in [0.2, 0.25) is 0 Å². The summed E-state index contributed by atoms with van der Waals surface area (Å²) in [6.07, 6.45) is 6.97. The highest BCUT2D eigenvalue weighted by atomic mass is 16.5. The van der Waals surface area contributed by atoms with Crippen molar-refractivity contribution in [3.63, 3.8) is 0 Å². The fraction of sp³-hybridized carbons (Fsp3) is 0.625. The van der Waals surface area contributed by atoms with Crippen LogP contribution in [0.15, 0.2) is 24.3 Å². The van der Waals surface area contributed by atoms with Crippen LogP contribution in [0, 0.1) is 0 Å². The molecule has 0 aromatic heterocycles. The molecule has 1 aromatic carbocycles. The Hall–Kier alpha value is -1.22. The standard InChI is InChI=1S/C16H26N2O/c1-18(15-8-4-3-5-9-15)12-11-17-14-7-6-10-16(13-14)19-2/h6-7,10,13,15,17H,3-5,8-9,11-12H2,1-2H3. The highest BCUT2D eigenvalue weighted by molar-refractivity contribution is 5.48. The SMILES string of the molecule is COc1cccc(NCCN(C)C2CCCCC2)c1. The first kappa shape index (κ1) is 14.2. The van der Waals surface area contributed by atoms with Crippen LogP contribution in [-0.2, 0) is 0 Å². The van der Waals surface area contributed by atoms with Crippen LogP contribution < -0.4 is 10.1 Å². The number of hydrogen-bond acceptors (Lipinski definition) is 3. The van der Waals surface area contributed by atoms with E-state index < -0.39 is 0 Å². The van der Waals surface area contributed by atoms with Crippen LogP contribution in [0.2, 0.25) is 0 Å². The first-order valence-electron chi connectivity index (χ1n) is 7.38. The summed E-state index contributed by atoms with van der Waals surface area (Å²) in [6.45, 7) is 2.09. The second-order valence-corrected chi connectivity index (χ2v) is 5.43. The molecule has 19 heavy (non-hydrogen) atoms. The van der Waals surface area contributed by atoms with Gasteiger partial charge in [0.1, 0.15) is 5.75 Å². The summed E-state index contributed by atoms with van der Waals surface area (Å²) in [5.41, 5.74) is 1.14. The Bertz CT molecular complexity index is 375. The molecule has 2 rings (SSSR count). The van der Waals surface area contributed by atoms with Crippen LogP contribution in [0.25, 0.3) is 0 Å². The minimum absolute atomic E-state index is 0.792. The van der Waals surface area contributed by atoms with Crippen molar-refractivity contribution in [2.75, 3.05) is 32.6 Å². The summed E-state index contributed by atoms with van der Waals surface area (Å²) < 4.78 is 5.23. The lowest BCUT2D eigenvalue weighted by Crippen LogP contribution is -2.36. The van der Waals surface area contributed by atoms with Gasteiger partial charge < -0.3 is 15.0 Å². The van der Waals surface area contributed by atoms with Crippen molar-refractivity contribution < 1.29 is 4.74 Å². The van der Waals surface area contributed by atoms with Gasteiger partial charge in [0.25, 0.3) is 0 Å². The molecule has 3 heteroatoms. The predicted octanol–water partition coefficient (Wildman–Crippen LogP) is 3.37. The summed E-state index contributed by atoms with van der Waals surface area (Å²) in [7, 11) is 3.96. The summed E-state index contributed by atoms with van der Waals surface area (Å²) in [4.78, 5) is 2.51. The molecule has 1 aliphatic carbocycles. The van der Waals surface area contributed by atoms with E-state index in [2.05, 4.69) is 23.3 Å². The number of ether oxygens (including phenoxy) is 1. The van der Waals surface area contributed by atoms with Crippen LogP contribution in [0.3, 0.4) is 0 Å². The number of nitrogens with one attached hydrogen (secondary N) is 1. The summed E-state index contributed by atoms with van der Waals surface area (Å²) in [6, 6.07) is 8.91. The number of benzene rings is 1. The molecule has 1 aliphatic rings. The lowest BCUT2D eigenvalue weighted by Gasteiger charge is -2.31. The minimum Gasteiger partial charge on any atom is -0.497 e. The Kier molecular flexibility index (Phi) is 5.52. The number of nitrogens with zero attached hydrogens (tertiary/aromatic N) is 1. The molecule has 0 spiro atoms. The molecule has 0 unspecified atom stereocenters. The van der Waals surface area contributed by atoms with Gasteiger partial charge in [-0.25, -0.2) is 0 Å². The molecule has 0 radical (unpaired) electrons. The van der Waals surface area contributed by atoms with Gasteiger partial charge in [-0.05, 0) is 32.0 Å². The quantitative estimate of drug-likeness (QED) is 0.850. The number of anilines is 1.